The van der Waals surface area contributed by atoms with E-state index in [1.165, 1.54) is 11.3 Å². The Labute approximate surface area is 140 Å². The van der Waals surface area contributed by atoms with Crippen LogP contribution in [-0.2, 0) is 10.0 Å². The predicted molar refractivity (Wildman–Crippen MR) is 91.5 cm³/mol. The van der Waals surface area contributed by atoms with Crippen LogP contribution in [0.4, 0.5) is 10.3 Å². The molecule has 0 saturated carbocycles. The monoisotopic (exact) mass is 353 g/mol. The van der Waals surface area contributed by atoms with Crippen LogP contribution < -0.4 is 9.62 Å². The van der Waals surface area contributed by atoms with Crippen LogP contribution in [0.5, 0.6) is 0 Å². The lowest BCUT2D eigenvalue weighted by Gasteiger charge is -2.33. The van der Waals surface area contributed by atoms with Gasteiger partial charge in [0, 0.05) is 26.2 Å². The second kappa shape index (κ2) is 6.81. The molecule has 1 aromatic heterocycles. The number of nitrogens with zero attached hydrogens (tertiary/aromatic N) is 4. The zero-order chi connectivity index (χ0) is 16.3. The second-order valence-electron chi connectivity index (χ2n) is 5.23. The summed E-state index contributed by atoms with van der Waals surface area (Å²) in [5.74, 6) is 0. The molecule has 0 amide bonds. The fourth-order valence-corrected chi connectivity index (χ4v) is 4.46. The van der Waals surface area contributed by atoms with Gasteiger partial charge in [-0.2, -0.15) is 0 Å². The fraction of sp³-hybridized carbons (Fsp3) is 0.429. The van der Waals surface area contributed by atoms with Gasteiger partial charge in [0.05, 0.1) is 4.90 Å². The fourth-order valence-electron chi connectivity index (χ4n) is 2.41. The quantitative estimate of drug-likeness (QED) is 0.877. The van der Waals surface area contributed by atoms with Gasteiger partial charge in [-0.15, -0.1) is 10.2 Å². The van der Waals surface area contributed by atoms with E-state index in [0.717, 1.165) is 37.9 Å². The standard InChI is InChI=1S/C14H19N5O2S2/c1-2-18-8-10-19(11-9-18)14-16-15-13(22-14)17-23(20,21)12-6-4-3-5-7-12/h3-7H,2,8-11H2,1H3,(H,15,17). The molecule has 23 heavy (non-hydrogen) atoms. The third-order valence-corrected chi connectivity index (χ3v) is 6.16. The van der Waals surface area contributed by atoms with Gasteiger partial charge in [0.25, 0.3) is 10.0 Å². The molecule has 0 atom stereocenters. The molecule has 0 unspecified atom stereocenters. The molecular weight excluding hydrogens is 334 g/mol. The molecule has 1 saturated heterocycles. The van der Waals surface area contributed by atoms with Crippen molar-refractivity contribution in [2.24, 2.45) is 0 Å². The van der Waals surface area contributed by atoms with Crippen molar-refractivity contribution in [1.29, 1.82) is 0 Å². The predicted octanol–water partition coefficient (Wildman–Crippen LogP) is 1.48. The minimum absolute atomic E-state index is 0.216. The highest BCUT2D eigenvalue weighted by molar-refractivity contribution is 7.93. The number of hydrogen-bond acceptors (Lipinski definition) is 7. The van der Waals surface area contributed by atoms with E-state index >= 15 is 0 Å². The van der Waals surface area contributed by atoms with E-state index in [9.17, 15) is 8.42 Å². The molecule has 1 aromatic carbocycles. The van der Waals surface area contributed by atoms with Crippen LogP contribution in [0.25, 0.3) is 0 Å². The molecule has 7 nitrogen and oxygen atoms in total. The maximum absolute atomic E-state index is 12.3. The summed E-state index contributed by atoms with van der Waals surface area (Å²) in [4.78, 5) is 4.73. The van der Waals surface area contributed by atoms with Crippen LogP contribution in [0.15, 0.2) is 35.2 Å². The average molecular weight is 353 g/mol. The van der Waals surface area contributed by atoms with E-state index in [4.69, 9.17) is 0 Å². The van der Waals surface area contributed by atoms with E-state index in [1.807, 2.05) is 0 Å². The largest absolute Gasteiger partial charge is 0.344 e. The van der Waals surface area contributed by atoms with Gasteiger partial charge < -0.3 is 9.80 Å². The van der Waals surface area contributed by atoms with E-state index in [-0.39, 0.29) is 4.90 Å². The number of anilines is 2. The molecule has 124 valence electrons. The third kappa shape index (κ3) is 3.80. The Morgan fingerprint density at radius 1 is 1.13 bits per heavy atom. The minimum Gasteiger partial charge on any atom is -0.344 e. The molecule has 2 aromatic rings. The summed E-state index contributed by atoms with van der Waals surface area (Å²) in [6.45, 7) is 6.94. The molecule has 1 aliphatic heterocycles. The summed E-state index contributed by atoms with van der Waals surface area (Å²) >= 11 is 1.26. The van der Waals surface area contributed by atoms with Crippen LogP contribution >= 0.6 is 11.3 Å². The number of nitrogens with one attached hydrogen (secondary N) is 1. The lowest BCUT2D eigenvalue weighted by molar-refractivity contribution is 0.271. The summed E-state index contributed by atoms with van der Waals surface area (Å²) in [6, 6.07) is 8.25. The Hall–Kier alpha value is -1.71. The second-order valence-corrected chi connectivity index (χ2v) is 7.87. The van der Waals surface area contributed by atoms with Gasteiger partial charge in [-0.05, 0) is 18.7 Å². The molecule has 0 aliphatic carbocycles. The Morgan fingerprint density at radius 3 is 2.48 bits per heavy atom. The number of piperazine rings is 1. The van der Waals surface area contributed by atoms with E-state index in [0.29, 0.717) is 5.13 Å². The smallest absolute Gasteiger partial charge is 0.263 e. The molecule has 1 aliphatic rings. The third-order valence-electron chi connectivity index (χ3n) is 3.78. The van der Waals surface area contributed by atoms with Crippen molar-refractivity contribution in [1.82, 2.24) is 15.1 Å². The van der Waals surface area contributed by atoms with Crippen LogP contribution in [0.1, 0.15) is 6.92 Å². The summed E-state index contributed by atoms with van der Waals surface area (Å²) < 4.78 is 27.0. The maximum atomic E-state index is 12.3. The van der Waals surface area contributed by atoms with Gasteiger partial charge in [0.15, 0.2) is 0 Å². The lowest BCUT2D eigenvalue weighted by Crippen LogP contribution is -2.46. The van der Waals surface area contributed by atoms with E-state index in [1.54, 1.807) is 30.3 Å². The number of aromatic nitrogens is 2. The van der Waals surface area contributed by atoms with Crippen LogP contribution in [-0.4, -0.2) is 56.2 Å². The summed E-state index contributed by atoms with van der Waals surface area (Å²) in [6.07, 6.45) is 0. The highest BCUT2D eigenvalue weighted by Gasteiger charge is 2.21. The first-order chi connectivity index (χ1) is 11.1. The first kappa shape index (κ1) is 16.2. The number of rotatable bonds is 5. The van der Waals surface area contributed by atoms with Crippen molar-refractivity contribution in [3.63, 3.8) is 0 Å². The summed E-state index contributed by atoms with van der Waals surface area (Å²) in [7, 11) is -3.61. The van der Waals surface area contributed by atoms with Crippen LogP contribution in [0.2, 0.25) is 0 Å². The first-order valence-electron chi connectivity index (χ1n) is 7.47. The molecule has 9 heteroatoms. The zero-order valence-electron chi connectivity index (χ0n) is 12.8. The molecular formula is C14H19N5O2S2. The minimum atomic E-state index is -3.61. The molecule has 0 bridgehead atoms. The van der Waals surface area contributed by atoms with Crippen molar-refractivity contribution in [3.05, 3.63) is 30.3 Å². The Bertz CT molecular complexity index is 740. The molecule has 0 radical (unpaired) electrons. The van der Waals surface area contributed by atoms with Gasteiger partial charge in [0.2, 0.25) is 10.3 Å². The van der Waals surface area contributed by atoms with Gasteiger partial charge in [-0.3, -0.25) is 4.72 Å². The van der Waals surface area contributed by atoms with Crippen molar-refractivity contribution in [2.45, 2.75) is 11.8 Å². The van der Waals surface area contributed by atoms with Crippen molar-refractivity contribution in [2.75, 3.05) is 42.3 Å². The first-order valence-corrected chi connectivity index (χ1v) is 9.77. The van der Waals surface area contributed by atoms with Gasteiger partial charge in [-0.1, -0.05) is 36.5 Å². The Balaban J connectivity index is 1.68. The molecule has 2 heterocycles. The average Bonchev–Trinajstić information content (AvgIpc) is 3.03. The number of hydrogen-bond donors (Lipinski definition) is 1. The van der Waals surface area contributed by atoms with Crippen molar-refractivity contribution >= 4 is 31.6 Å². The van der Waals surface area contributed by atoms with Crippen molar-refractivity contribution < 1.29 is 8.42 Å². The van der Waals surface area contributed by atoms with E-state index < -0.39 is 10.0 Å². The number of likely N-dealkylation sites (N-methyl/N-ethyl adjacent to an activating group) is 1. The molecule has 3 rings (SSSR count). The molecule has 0 spiro atoms. The lowest BCUT2D eigenvalue weighted by atomic mass is 10.3. The SMILES string of the molecule is CCN1CCN(c2nnc(NS(=O)(=O)c3ccccc3)s2)CC1. The number of benzene rings is 1. The van der Waals surface area contributed by atoms with Gasteiger partial charge in [-0.25, -0.2) is 8.42 Å². The topological polar surface area (TPSA) is 78.4 Å². The highest BCUT2D eigenvalue weighted by atomic mass is 32.2. The van der Waals surface area contributed by atoms with Gasteiger partial charge in [0.1, 0.15) is 0 Å². The molecule has 1 fully saturated rings. The Morgan fingerprint density at radius 2 is 1.83 bits per heavy atom. The van der Waals surface area contributed by atoms with E-state index in [2.05, 4.69) is 31.6 Å². The van der Waals surface area contributed by atoms with Gasteiger partial charge >= 0.3 is 0 Å². The summed E-state index contributed by atoms with van der Waals surface area (Å²) in [5.41, 5.74) is 0. The Kier molecular flexibility index (Phi) is 4.79. The zero-order valence-corrected chi connectivity index (χ0v) is 14.5. The summed E-state index contributed by atoms with van der Waals surface area (Å²) in [5, 5.41) is 9.13. The van der Waals surface area contributed by atoms with Crippen LogP contribution in [0.3, 0.4) is 0 Å². The normalized spacial score (nSPS) is 16.5. The maximum Gasteiger partial charge on any atom is 0.263 e. The van der Waals surface area contributed by atoms with Crippen molar-refractivity contribution in [3.8, 4) is 0 Å². The molecule has 1 N–H and O–H groups in total. The highest BCUT2D eigenvalue weighted by Crippen LogP contribution is 2.26. The number of sulfonamides is 1. The van der Waals surface area contributed by atoms with Crippen LogP contribution in [0, 0.1) is 0 Å².